The molecule has 1 amide bonds. The van der Waals surface area contributed by atoms with Gasteiger partial charge in [0.1, 0.15) is 6.04 Å². The number of hydrogen-bond acceptors (Lipinski definition) is 4. The number of hydrazine groups is 1. The molecule has 1 rings (SSSR count). The summed E-state index contributed by atoms with van der Waals surface area (Å²) in [5.41, 5.74) is 1.94. The minimum Gasteiger partial charge on any atom is -0.293 e. The second-order valence-corrected chi connectivity index (χ2v) is 6.46. The number of hydrogen-bond donors (Lipinski definition) is 3. The smallest absolute Gasteiger partial charge is 0.252 e. The van der Waals surface area contributed by atoms with E-state index in [1.807, 2.05) is 5.43 Å². The van der Waals surface area contributed by atoms with E-state index in [9.17, 15) is 13.2 Å². The third-order valence-electron chi connectivity index (χ3n) is 2.50. The molecule has 0 unspecified atom stereocenters. The minimum absolute atomic E-state index is 0.0346. The van der Waals surface area contributed by atoms with Gasteiger partial charge >= 0.3 is 0 Å². The predicted molar refractivity (Wildman–Crippen MR) is 72.7 cm³/mol. The van der Waals surface area contributed by atoms with Crippen LogP contribution in [0.5, 0.6) is 0 Å². The molecule has 0 saturated carbocycles. The Hall–Kier alpha value is -1.15. The van der Waals surface area contributed by atoms with Crippen LogP contribution in [0.1, 0.15) is 13.8 Å². The van der Waals surface area contributed by atoms with Crippen LogP contribution in [-0.2, 0) is 14.8 Å². The summed E-state index contributed by atoms with van der Waals surface area (Å²) in [5.74, 6) is 4.20. The molecular formula is C11H16ClN3O3S. The summed E-state index contributed by atoms with van der Waals surface area (Å²) in [4.78, 5) is 11.6. The lowest BCUT2D eigenvalue weighted by atomic mass is 10.1. The average Bonchev–Trinajstić information content (AvgIpc) is 2.35. The van der Waals surface area contributed by atoms with Gasteiger partial charge in [0.25, 0.3) is 5.91 Å². The summed E-state index contributed by atoms with van der Waals surface area (Å²) < 4.78 is 26.5. The Labute approximate surface area is 117 Å². The van der Waals surface area contributed by atoms with E-state index in [0.717, 1.165) is 0 Å². The first-order valence-electron chi connectivity index (χ1n) is 5.56. The van der Waals surface area contributed by atoms with Crippen molar-refractivity contribution in [2.24, 2.45) is 11.8 Å². The number of benzene rings is 1. The Morgan fingerprint density at radius 2 is 1.79 bits per heavy atom. The summed E-state index contributed by atoms with van der Waals surface area (Å²) in [6.07, 6.45) is 0. The van der Waals surface area contributed by atoms with Crippen molar-refractivity contribution >= 4 is 27.5 Å². The Morgan fingerprint density at radius 1 is 1.26 bits per heavy atom. The normalized spacial score (nSPS) is 13.3. The molecule has 1 aromatic carbocycles. The van der Waals surface area contributed by atoms with Crippen LogP contribution in [0.2, 0.25) is 5.02 Å². The molecule has 6 nitrogen and oxygen atoms in total. The highest BCUT2D eigenvalue weighted by Gasteiger charge is 2.27. The fourth-order valence-electron chi connectivity index (χ4n) is 1.43. The molecule has 0 heterocycles. The molecule has 0 aliphatic rings. The van der Waals surface area contributed by atoms with E-state index in [0.29, 0.717) is 5.02 Å². The number of nitrogens with one attached hydrogen (secondary N) is 2. The Bertz CT molecular complexity index is 543. The van der Waals surface area contributed by atoms with Gasteiger partial charge in [-0.1, -0.05) is 25.4 Å². The van der Waals surface area contributed by atoms with Gasteiger partial charge in [0.2, 0.25) is 10.0 Å². The third kappa shape index (κ3) is 4.17. The number of carbonyl (C=O) groups is 1. The van der Waals surface area contributed by atoms with Crippen molar-refractivity contribution in [3.63, 3.8) is 0 Å². The maximum atomic E-state index is 12.1. The van der Waals surface area contributed by atoms with Crippen LogP contribution < -0.4 is 16.0 Å². The van der Waals surface area contributed by atoms with E-state index in [1.165, 1.54) is 24.3 Å². The molecular weight excluding hydrogens is 290 g/mol. The van der Waals surface area contributed by atoms with Crippen molar-refractivity contribution in [2.45, 2.75) is 24.8 Å². The van der Waals surface area contributed by atoms with Gasteiger partial charge in [-0.25, -0.2) is 14.3 Å². The van der Waals surface area contributed by atoms with Crippen LogP contribution in [0.15, 0.2) is 29.2 Å². The van der Waals surface area contributed by atoms with Crippen molar-refractivity contribution < 1.29 is 13.2 Å². The molecule has 0 aliphatic heterocycles. The zero-order valence-corrected chi connectivity index (χ0v) is 12.1. The molecule has 0 aromatic heterocycles. The first-order valence-corrected chi connectivity index (χ1v) is 7.42. The molecule has 8 heteroatoms. The van der Waals surface area contributed by atoms with E-state index in [2.05, 4.69) is 4.72 Å². The maximum absolute atomic E-state index is 12.1. The number of amides is 1. The zero-order chi connectivity index (χ0) is 14.6. The van der Waals surface area contributed by atoms with Crippen LogP contribution in [0.4, 0.5) is 0 Å². The number of nitrogens with two attached hydrogens (primary N) is 1. The molecule has 1 aromatic rings. The monoisotopic (exact) mass is 305 g/mol. The predicted octanol–water partition coefficient (Wildman–Crippen LogP) is 0.633. The van der Waals surface area contributed by atoms with Crippen molar-refractivity contribution in [3.8, 4) is 0 Å². The molecule has 0 spiro atoms. The van der Waals surface area contributed by atoms with E-state index < -0.39 is 22.0 Å². The molecule has 0 fully saturated rings. The number of rotatable bonds is 5. The second kappa shape index (κ2) is 6.33. The number of sulfonamides is 1. The first-order chi connectivity index (χ1) is 8.77. The molecule has 1 atom stereocenters. The van der Waals surface area contributed by atoms with Gasteiger partial charge in [-0.05, 0) is 30.2 Å². The van der Waals surface area contributed by atoms with E-state index >= 15 is 0 Å². The summed E-state index contributed by atoms with van der Waals surface area (Å²) in [7, 11) is -3.80. The number of carbonyl (C=O) groups excluding carboxylic acids is 1. The van der Waals surface area contributed by atoms with Crippen LogP contribution in [0.25, 0.3) is 0 Å². The van der Waals surface area contributed by atoms with Gasteiger partial charge in [0, 0.05) is 5.02 Å². The Morgan fingerprint density at radius 3 is 2.21 bits per heavy atom. The van der Waals surface area contributed by atoms with E-state index in [4.69, 9.17) is 17.4 Å². The highest BCUT2D eigenvalue weighted by atomic mass is 35.5. The highest BCUT2D eigenvalue weighted by Crippen LogP contribution is 2.15. The summed E-state index contributed by atoms with van der Waals surface area (Å²) in [6, 6.07) is 4.71. The largest absolute Gasteiger partial charge is 0.293 e. The molecule has 19 heavy (non-hydrogen) atoms. The molecule has 0 aliphatic carbocycles. The maximum Gasteiger partial charge on any atom is 0.252 e. The SMILES string of the molecule is CC(C)[C@@H](NS(=O)(=O)c1ccc(Cl)cc1)C(=O)NN. The van der Waals surface area contributed by atoms with Crippen LogP contribution in [0.3, 0.4) is 0 Å². The van der Waals surface area contributed by atoms with Gasteiger partial charge < -0.3 is 0 Å². The minimum atomic E-state index is -3.80. The van der Waals surface area contributed by atoms with Crippen molar-refractivity contribution in [1.29, 1.82) is 0 Å². The first kappa shape index (κ1) is 15.9. The van der Waals surface area contributed by atoms with E-state index in [-0.39, 0.29) is 10.8 Å². The van der Waals surface area contributed by atoms with Crippen LogP contribution >= 0.6 is 11.6 Å². The summed E-state index contributed by atoms with van der Waals surface area (Å²) >= 11 is 5.69. The summed E-state index contributed by atoms with van der Waals surface area (Å²) in [5, 5.41) is 0.430. The average molecular weight is 306 g/mol. The number of halogens is 1. The zero-order valence-electron chi connectivity index (χ0n) is 10.6. The van der Waals surface area contributed by atoms with E-state index in [1.54, 1.807) is 13.8 Å². The Kier molecular flexibility index (Phi) is 5.30. The highest BCUT2D eigenvalue weighted by molar-refractivity contribution is 7.89. The second-order valence-electron chi connectivity index (χ2n) is 4.31. The Balaban J connectivity index is 3.00. The molecule has 0 radical (unpaired) electrons. The topological polar surface area (TPSA) is 101 Å². The standard InChI is InChI=1S/C11H16ClN3O3S/c1-7(2)10(11(16)14-13)15-19(17,18)9-5-3-8(12)4-6-9/h3-7,10,15H,13H2,1-2H3,(H,14,16)/t10-/m1/s1. The lowest BCUT2D eigenvalue weighted by Crippen LogP contribution is -2.51. The third-order valence-corrected chi connectivity index (χ3v) is 4.21. The van der Waals surface area contributed by atoms with Gasteiger partial charge in [0.15, 0.2) is 0 Å². The van der Waals surface area contributed by atoms with Crippen molar-refractivity contribution in [2.75, 3.05) is 0 Å². The van der Waals surface area contributed by atoms with Crippen LogP contribution in [0, 0.1) is 5.92 Å². The van der Waals surface area contributed by atoms with Gasteiger partial charge in [-0.15, -0.1) is 0 Å². The molecule has 0 bridgehead atoms. The van der Waals surface area contributed by atoms with Gasteiger partial charge in [0.05, 0.1) is 4.90 Å². The molecule has 4 N–H and O–H groups in total. The quantitative estimate of drug-likeness (QED) is 0.422. The van der Waals surface area contributed by atoms with Gasteiger partial charge in [-0.3, -0.25) is 10.2 Å². The lowest BCUT2D eigenvalue weighted by molar-refractivity contribution is -0.123. The van der Waals surface area contributed by atoms with Crippen LogP contribution in [-0.4, -0.2) is 20.4 Å². The summed E-state index contributed by atoms with van der Waals surface area (Å²) in [6.45, 7) is 3.43. The molecule has 0 saturated heterocycles. The van der Waals surface area contributed by atoms with Gasteiger partial charge in [-0.2, -0.15) is 4.72 Å². The lowest BCUT2D eigenvalue weighted by Gasteiger charge is -2.20. The van der Waals surface area contributed by atoms with Crippen molar-refractivity contribution in [1.82, 2.24) is 10.1 Å². The fraction of sp³-hybridized carbons (Fsp3) is 0.364. The molecule has 106 valence electrons. The van der Waals surface area contributed by atoms with Crippen molar-refractivity contribution in [3.05, 3.63) is 29.3 Å². The fourth-order valence-corrected chi connectivity index (χ4v) is 2.90.